The molecule has 0 saturated heterocycles. The highest BCUT2D eigenvalue weighted by Crippen LogP contribution is 2.29. The highest BCUT2D eigenvalue weighted by Gasteiger charge is 2.16. The van der Waals surface area contributed by atoms with Crippen LogP contribution in [0.1, 0.15) is 24.2 Å². The van der Waals surface area contributed by atoms with Crippen molar-refractivity contribution in [2.24, 2.45) is 0 Å². The van der Waals surface area contributed by atoms with Crippen LogP contribution in [0, 0.1) is 0 Å². The van der Waals surface area contributed by atoms with Crippen LogP contribution in [0.15, 0.2) is 18.2 Å². The van der Waals surface area contributed by atoms with Crippen molar-refractivity contribution >= 4 is 11.9 Å². The first-order valence-electron chi connectivity index (χ1n) is 6.42. The van der Waals surface area contributed by atoms with E-state index in [1.165, 1.54) is 19.2 Å². The lowest BCUT2D eigenvalue weighted by molar-refractivity contribution is -0.124. The summed E-state index contributed by atoms with van der Waals surface area (Å²) >= 11 is 0. The summed E-state index contributed by atoms with van der Waals surface area (Å²) in [5, 5.41) is 2.56. The van der Waals surface area contributed by atoms with Crippen LogP contribution in [0.25, 0.3) is 0 Å². The Labute approximate surface area is 126 Å². The van der Waals surface area contributed by atoms with E-state index in [-0.39, 0.29) is 23.1 Å². The van der Waals surface area contributed by atoms with Crippen molar-refractivity contribution in [3.05, 3.63) is 23.8 Å². The Morgan fingerprint density at radius 2 is 1.91 bits per heavy atom. The molecule has 1 rings (SSSR count). The summed E-state index contributed by atoms with van der Waals surface area (Å²) in [6, 6.07) is 3.52. The van der Waals surface area contributed by atoms with Crippen molar-refractivity contribution in [2.75, 3.05) is 13.7 Å². The van der Waals surface area contributed by atoms with Gasteiger partial charge in [-0.25, -0.2) is 4.79 Å². The molecule has 1 aromatic carbocycles. The molecule has 8 heteroatoms. The lowest BCUT2D eigenvalue weighted by Crippen LogP contribution is -2.33. The maximum Gasteiger partial charge on any atom is 0.387 e. The van der Waals surface area contributed by atoms with Crippen LogP contribution in [0.4, 0.5) is 8.78 Å². The van der Waals surface area contributed by atoms with Gasteiger partial charge in [-0.1, -0.05) is 0 Å². The molecule has 6 nitrogen and oxygen atoms in total. The number of hydrogen-bond acceptors (Lipinski definition) is 5. The molecule has 1 aromatic rings. The molecule has 0 aliphatic carbocycles. The number of methoxy groups -OCH3 is 1. The van der Waals surface area contributed by atoms with E-state index in [2.05, 4.69) is 10.1 Å². The highest BCUT2D eigenvalue weighted by molar-refractivity contribution is 5.92. The first-order chi connectivity index (χ1) is 10.3. The number of hydrogen-bond donors (Lipinski definition) is 1. The van der Waals surface area contributed by atoms with Gasteiger partial charge in [0.25, 0.3) is 5.91 Å². The third kappa shape index (κ3) is 5.55. The Hall–Kier alpha value is -2.38. The molecule has 0 unspecified atom stereocenters. The largest absolute Gasteiger partial charge is 0.493 e. The fourth-order valence-corrected chi connectivity index (χ4v) is 1.57. The minimum atomic E-state index is -3.01. The second-order valence-corrected chi connectivity index (χ2v) is 4.54. The molecule has 22 heavy (non-hydrogen) atoms. The Morgan fingerprint density at radius 3 is 2.45 bits per heavy atom. The van der Waals surface area contributed by atoms with E-state index in [1.807, 2.05) is 0 Å². The van der Waals surface area contributed by atoms with E-state index in [4.69, 9.17) is 9.47 Å². The zero-order valence-electron chi connectivity index (χ0n) is 12.4. The summed E-state index contributed by atoms with van der Waals surface area (Å²) in [6.45, 7) is 0.0965. The van der Waals surface area contributed by atoms with E-state index >= 15 is 0 Å². The Bertz CT molecular complexity index is 534. The van der Waals surface area contributed by atoms with Crippen molar-refractivity contribution < 1.29 is 32.6 Å². The molecule has 0 heterocycles. The number of amides is 1. The molecule has 1 N–H and O–H groups in total. The van der Waals surface area contributed by atoms with Gasteiger partial charge in [-0.3, -0.25) is 4.79 Å². The Balaban J connectivity index is 2.71. The summed E-state index contributed by atoms with van der Waals surface area (Å²) in [6.07, 6.45) is 0. The van der Waals surface area contributed by atoms with Gasteiger partial charge in [0.15, 0.2) is 18.1 Å². The average Bonchev–Trinajstić information content (AvgIpc) is 2.43. The molecule has 0 aliphatic rings. The molecular weight excluding hydrogens is 300 g/mol. The Morgan fingerprint density at radius 1 is 1.23 bits per heavy atom. The lowest BCUT2D eigenvalue weighted by Gasteiger charge is -2.12. The standard InChI is InChI=1S/C14H17F2NO5/c1-8(2)17-12(18)7-21-13(19)9-4-5-10(22-14(15)16)11(6-9)20-3/h4-6,8,14H,7H2,1-3H3,(H,17,18). The maximum absolute atomic E-state index is 12.2. The molecule has 0 fully saturated rings. The monoisotopic (exact) mass is 317 g/mol. The fourth-order valence-electron chi connectivity index (χ4n) is 1.57. The molecule has 0 bridgehead atoms. The quantitative estimate of drug-likeness (QED) is 0.778. The van der Waals surface area contributed by atoms with Gasteiger partial charge >= 0.3 is 12.6 Å². The zero-order chi connectivity index (χ0) is 16.7. The third-order valence-electron chi connectivity index (χ3n) is 2.40. The van der Waals surface area contributed by atoms with Gasteiger partial charge in [0.2, 0.25) is 0 Å². The van der Waals surface area contributed by atoms with Crippen LogP contribution in [0.3, 0.4) is 0 Å². The van der Waals surface area contributed by atoms with E-state index in [1.54, 1.807) is 13.8 Å². The molecule has 0 radical (unpaired) electrons. The number of alkyl halides is 2. The van der Waals surface area contributed by atoms with E-state index in [0.29, 0.717) is 0 Å². The van der Waals surface area contributed by atoms with Crippen molar-refractivity contribution in [3.63, 3.8) is 0 Å². The molecule has 1 amide bonds. The van der Waals surface area contributed by atoms with Crippen LogP contribution < -0.4 is 14.8 Å². The number of ether oxygens (including phenoxy) is 3. The van der Waals surface area contributed by atoms with Crippen molar-refractivity contribution in [1.82, 2.24) is 5.32 Å². The van der Waals surface area contributed by atoms with Crippen LogP contribution >= 0.6 is 0 Å². The SMILES string of the molecule is COc1cc(C(=O)OCC(=O)NC(C)C)ccc1OC(F)F. The summed E-state index contributed by atoms with van der Waals surface area (Å²) in [4.78, 5) is 23.2. The normalized spacial score (nSPS) is 10.5. The average molecular weight is 317 g/mol. The van der Waals surface area contributed by atoms with Gasteiger partial charge in [-0.15, -0.1) is 0 Å². The predicted molar refractivity (Wildman–Crippen MR) is 73.2 cm³/mol. The first-order valence-corrected chi connectivity index (χ1v) is 6.42. The topological polar surface area (TPSA) is 73.9 Å². The number of nitrogens with one attached hydrogen (secondary N) is 1. The Kier molecular flexibility index (Phi) is 6.55. The predicted octanol–water partition coefficient (Wildman–Crippen LogP) is 1.98. The molecule has 0 aromatic heterocycles. The summed E-state index contributed by atoms with van der Waals surface area (Å²) in [5.41, 5.74) is 0.0517. The minimum Gasteiger partial charge on any atom is -0.493 e. The second kappa shape index (κ2) is 8.16. The van der Waals surface area contributed by atoms with Crippen molar-refractivity contribution in [3.8, 4) is 11.5 Å². The zero-order valence-corrected chi connectivity index (χ0v) is 12.4. The van der Waals surface area contributed by atoms with Gasteiger partial charge in [0.1, 0.15) is 0 Å². The smallest absolute Gasteiger partial charge is 0.387 e. The van der Waals surface area contributed by atoms with Crippen LogP contribution in [0.5, 0.6) is 11.5 Å². The van der Waals surface area contributed by atoms with E-state index in [0.717, 1.165) is 6.07 Å². The van der Waals surface area contributed by atoms with Crippen molar-refractivity contribution in [2.45, 2.75) is 26.5 Å². The van der Waals surface area contributed by atoms with Gasteiger partial charge in [0, 0.05) is 6.04 Å². The summed E-state index contributed by atoms with van der Waals surface area (Å²) in [5.74, 6) is -1.46. The van der Waals surface area contributed by atoms with Crippen LogP contribution in [-0.4, -0.2) is 38.2 Å². The van der Waals surface area contributed by atoms with Crippen LogP contribution in [-0.2, 0) is 9.53 Å². The summed E-state index contributed by atoms with van der Waals surface area (Å²) in [7, 11) is 1.25. The number of esters is 1. The van der Waals surface area contributed by atoms with E-state index < -0.39 is 25.1 Å². The summed E-state index contributed by atoms with van der Waals surface area (Å²) < 4.78 is 38.3. The minimum absolute atomic E-state index is 0.0404. The maximum atomic E-state index is 12.2. The number of benzene rings is 1. The third-order valence-corrected chi connectivity index (χ3v) is 2.40. The number of rotatable bonds is 7. The van der Waals surface area contributed by atoms with Crippen LogP contribution in [0.2, 0.25) is 0 Å². The number of halogens is 2. The lowest BCUT2D eigenvalue weighted by atomic mass is 10.2. The molecule has 0 aliphatic heterocycles. The first kappa shape index (κ1) is 17.7. The van der Waals surface area contributed by atoms with Gasteiger partial charge in [-0.2, -0.15) is 8.78 Å². The van der Waals surface area contributed by atoms with Gasteiger partial charge in [-0.05, 0) is 32.0 Å². The van der Waals surface area contributed by atoms with Crippen molar-refractivity contribution in [1.29, 1.82) is 0 Å². The molecule has 122 valence electrons. The van der Waals surface area contributed by atoms with Gasteiger partial charge < -0.3 is 19.5 Å². The second-order valence-electron chi connectivity index (χ2n) is 4.54. The molecule has 0 spiro atoms. The molecule has 0 atom stereocenters. The number of carbonyl (C=O) groups excluding carboxylic acids is 2. The number of carbonyl (C=O) groups is 2. The van der Waals surface area contributed by atoms with Gasteiger partial charge in [0.05, 0.1) is 12.7 Å². The highest BCUT2D eigenvalue weighted by atomic mass is 19.3. The molecule has 0 saturated carbocycles. The fraction of sp³-hybridized carbons (Fsp3) is 0.429. The molecular formula is C14H17F2NO5. The van der Waals surface area contributed by atoms with E-state index in [9.17, 15) is 18.4 Å².